The van der Waals surface area contributed by atoms with Crippen LogP contribution in [0.4, 0.5) is 4.39 Å². The Labute approximate surface area is 117 Å². The van der Waals surface area contributed by atoms with Gasteiger partial charge < -0.3 is 5.32 Å². The third kappa shape index (κ3) is 2.35. The van der Waals surface area contributed by atoms with Crippen LogP contribution in [0.25, 0.3) is 0 Å². The molecule has 0 heterocycles. The molecule has 1 saturated carbocycles. The number of hydrogen-bond acceptors (Lipinski definition) is 1. The zero-order valence-electron chi connectivity index (χ0n) is 11.5. The summed E-state index contributed by atoms with van der Waals surface area (Å²) in [6.07, 6.45) is 0. The molecule has 1 fully saturated rings. The lowest BCUT2D eigenvalue weighted by Gasteiger charge is -2.08. The number of rotatable bonds is 4. The second kappa shape index (κ2) is 4.61. The van der Waals surface area contributed by atoms with Gasteiger partial charge in [-0.05, 0) is 41.0 Å². The Morgan fingerprint density at radius 2 is 1.83 bits per heavy atom. The second-order valence-electron chi connectivity index (χ2n) is 6.36. The zero-order chi connectivity index (χ0) is 13.6. The molecule has 0 bridgehead atoms. The van der Waals surface area contributed by atoms with Crippen LogP contribution in [0.5, 0.6) is 0 Å². The van der Waals surface area contributed by atoms with Crippen molar-refractivity contribution in [3.05, 3.63) is 34.1 Å². The molecule has 1 aliphatic rings. The second-order valence-corrected chi connectivity index (χ2v) is 7.22. The Morgan fingerprint density at radius 1 is 1.22 bits per heavy atom. The van der Waals surface area contributed by atoms with E-state index >= 15 is 0 Å². The molecule has 1 aliphatic carbocycles. The van der Waals surface area contributed by atoms with Gasteiger partial charge in [0.1, 0.15) is 5.82 Å². The normalized spacial score (nSPS) is 21.0. The molecule has 18 heavy (non-hydrogen) atoms. The van der Waals surface area contributed by atoms with Crippen LogP contribution >= 0.6 is 15.9 Å². The Morgan fingerprint density at radius 3 is 2.33 bits per heavy atom. The minimum Gasteiger partial charge on any atom is -0.312 e. The average Bonchev–Trinajstić information content (AvgIpc) is 2.63. The molecule has 1 aromatic carbocycles. The van der Waals surface area contributed by atoms with E-state index in [0.29, 0.717) is 16.7 Å². The maximum absolute atomic E-state index is 13.0. The van der Waals surface area contributed by atoms with E-state index in [-0.39, 0.29) is 5.82 Å². The van der Waals surface area contributed by atoms with Crippen LogP contribution in [0.2, 0.25) is 0 Å². The van der Waals surface area contributed by atoms with Crippen LogP contribution in [-0.2, 0) is 6.54 Å². The van der Waals surface area contributed by atoms with Gasteiger partial charge in [-0.15, -0.1) is 0 Å². The predicted molar refractivity (Wildman–Crippen MR) is 76.9 cm³/mol. The lowest BCUT2D eigenvalue weighted by Crippen LogP contribution is -2.19. The first kappa shape index (κ1) is 14.0. The summed E-state index contributed by atoms with van der Waals surface area (Å²) in [6.45, 7) is 11.1. The average molecular weight is 314 g/mol. The highest BCUT2D eigenvalue weighted by molar-refractivity contribution is 9.10. The molecule has 0 saturated heterocycles. The largest absolute Gasteiger partial charge is 0.312 e. The van der Waals surface area contributed by atoms with Gasteiger partial charge in [0.05, 0.1) is 0 Å². The summed E-state index contributed by atoms with van der Waals surface area (Å²) < 4.78 is 13.8. The number of hydrogen-bond donors (Lipinski definition) is 1. The third-order valence-corrected chi connectivity index (χ3v) is 5.74. The van der Waals surface area contributed by atoms with Gasteiger partial charge in [-0.1, -0.05) is 49.7 Å². The summed E-state index contributed by atoms with van der Waals surface area (Å²) in [5, 5.41) is 3.48. The molecule has 0 unspecified atom stereocenters. The first-order valence-corrected chi connectivity index (χ1v) is 7.21. The summed E-state index contributed by atoms with van der Waals surface area (Å²) >= 11 is 3.39. The minimum atomic E-state index is -0.199. The van der Waals surface area contributed by atoms with Crippen molar-refractivity contribution in [2.24, 2.45) is 16.7 Å². The van der Waals surface area contributed by atoms with Gasteiger partial charge in [0.25, 0.3) is 0 Å². The fraction of sp³-hybridized carbons (Fsp3) is 0.600. The van der Waals surface area contributed by atoms with Crippen molar-refractivity contribution in [1.29, 1.82) is 0 Å². The maximum atomic E-state index is 13.0. The summed E-state index contributed by atoms with van der Waals surface area (Å²) in [7, 11) is 0. The number of benzene rings is 1. The third-order valence-electron chi connectivity index (χ3n) is 5.00. The maximum Gasteiger partial charge on any atom is 0.124 e. The summed E-state index contributed by atoms with van der Waals surface area (Å²) in [4.78, 5) is 0. The van der Waals surface area contributed by atoms with E-state index in [4.69, 9.17) is 0 Å². The van der Waals surface area contributed by atoms with Crippen molar-refractivity contribution < 1.29 is 4.39 Å². The zero-order valence-corrected chi connectivity index (χ0v) is 13.1. The molecule has 0 amide bonds. The van der Waals surface area contributed by atoms with Crippen molar-refractivity contribution >= 4 is 15.9 Å². The van der Waals surface area contributed by atoms with E-state index in [1.54, 1.807) is 0 Å². The first-order valence-electron chi connectivity index (χ1n) is 6.41. The highest BCUT2D eigenvalue weighted by Gasteiger charge is 2.63. The fourth-order valence-corrected chi connectivity index (χ4v) is 3.35. The lowest BCUT2D eigenvalue weighted by molar-refractivity contribution is 0.457. The highest BCUT2D eigenvalue weighted by atomic mass is 79.9. The Balaban J connectivity index is 1.87. The molecule has 0 aromatic heterocycles. The van der Waals surface area contributed by atoms with Crippen molar-refractivity contribution in [2.75, 3.05) is 6.54 Å². The smallest absolute Gasteiger partial charge is 0.124 e. The van der Waals surface area contributed by atoms with Gasteiger partial charge in [-0.3, -0.25) is 0 Å². The summed E-state index contributed by atoms with van der Waals surface area (Å²) in [5.41, 5.74) is 1.94. The molecule has 1 aromatic rings. The Kier molecular flexibility index (Phi) is 3.58. The van der Waals surface area contributed by atoms with Gasteiger partial charge in [-0.25, -0.2) is 4.39 Å². The SMILES string of the molecule is CC1(C)C(CNCc2ccc(F)cc2Br)C1(C)C. The molecular formula is C15H21BrFN. The van der Waals surface area contributed by atoms with Gasteiger partial charge >= 0.3 is 0 Å². The van der Waals surface area contributed by atoms with E-state index in [9.17, 15) is 4.39 Å². The van der Waals surface area contributed by atoms with E-state index in [1.165, 1.54) is 12.1 Å². The van der Waals surface area contributed by atoms with Gasteiger partial charge in [-0.2, -0.15) is 0 Å². The van der Waals surface area contributed by atoms with Crippen molar-refractivity contribution in [3.8, 4) is 0 Å². The number of nitrogens with one attached hydrogen (secondary N) is 1. The predicted octanol–water partition coefficient (Wildman–Crippen LogP) is 4.36. The van der Waals surface area contributed by atoms with Crippen LogP contribution < -0.4 is 5.32 Å². The number of halogens is 2. The minimum absolute atomic E-state index is 0.199. The van der Waals surface area contributed by atoms with Gasteiger partial charge in [0.15, 0.2) is 0 Å². The molecule has 2 rings (SSSR count). The molecule has 0 radical (unpaired) electrons. The van der Waals surface area contributed by atoms with Crippen molar-refractivity contribution in [2.45, 2.75) is 34.2 Å². The molecule has 1 nitrogen and oxygen atoms in total. The topological polar surface area (TPSA) is 12.0 Å². The lowest BCUT2D eigenvalue weighted by atomic mass is 10.0. The molecular weight excluding hydrogens is 293 g/mol. The Bertz CT molecular complexity index is 440. The summed E-state index contributed by atoms with van der Waals surface area (Å²) in [6, 6.07) is 4.85. The van der Waals surface area contributed by atoms with Crippen LogP contribution in [-0.4, -0.2) is 6.54 Å². The quantitative estimate of drug-likeness (QED) is 0.871. The highest BCUT2D eigenvalue weighted by Crippen LogP contribution is 2.67. The van der Waals surface area contributed by atoms with E-state index in [1.807, 2.05) is 6.07 Å². The van der Waals surface area contributed by atoms with Crippen molar-refractivity contribution in [3.63, 3.8) is 0 Å². The molecule has 0 atom stereocenters. The van der Waals surface area contributed by atoms with Crippen LogP contribution in [0.15, 0.2) is 22.7 Å². The van der Waals surface area contributed by atoms with Gasteiger partial charge in [0.2, 0.25) is 0 Å². The van der Waals surface area contributed by atoms with Crippen molar-refractivity contribution in [1.82, 2.24) is 5.32 Å². The molecule has 0 aliphatic heterocycles. The Hall–Kier alpha value is -0.410. The van der Waals surface area contributed by atoms with Crippen LogP contribution in [0.3, 0.4) is 0 Å². The molecule has 1 N–H and O–H groups in total. The molecule has 0 spiro atoms. The summed E-state index contributed by atoms with van der Waals surface area (Å²) in [5.74, 6) is 0.513. The van der Waals surface area contributed by atoms with E-state index < -0.39 is 0 Å². The standard InChI is InChI=1S/C15H21BrFN/c1-14(2)13(15(14,3)4)9-18-8-10-5-6-11(17)7-12(10)16/h5-7,13,18H,8-9H2,1-4H3. The molecule has 3 heteroatoms. The van der Waals surface area contributed by atoms with E-state index in [0.717, 1.165) is 23.1 Å². The first-order chi connectivity index (χ1) is 8.26. The monoisotopic (exact) mass is 313 g/mol. The fourth-order valence-electron chi connectivity index (χ4n) is 2.86. The van der Waals surface area contributed by atoms with Gasteiger partial charge in [0, 0.05) is 11.0 Å². The van der Waals surface area contributed by atoms with E-state index in [2.05, 4.69) is 48.9 Å². The molecule has 100 valence electrons. The van der Waals surface area contributed by atoms with Crippen LogP contribution in [0, 0.1) is 22.6 Å². The van der Waals surface area contributed by atoms with Crippen LogP contribution in [0.1, 0.15) is 33.3 Å².